The van der Waals surface area contributed by atoms with Gasteiger partial charge in [-0.25, -0.2) is 4.79 Å². The molecule has 1 atom stereocenters. The van der Waals surface area contributed by atoms with Crippen LogP contribution in [0.4, 0.5) is 0 Å². The van der Waals surface area contributed by atoms with E-state index in [1.165, 1.54) is 0 Å². The highest BCUT2D eigenvalue weighted by Gasteiger charge is 2.25. The zero-order valence-electron chi connectivity index (χ0n) is 17.8. The van der Waals surface area contributed by atoms with Crippen LogP contribution < -0.4 is 4.74 Å². The lowest BCUT2D eigenvalue weighted by atomic mass is 10.1. The number of carbonyl (C=O) groups is 1. The maximum Gasteiger partial charge on any atom is 0.337 e. The molecule has 0 aliphatic rings. The van der Waals surface area contributed by atoms with Crippen molar-refractivity contribution in [3.8, 4) is 5.75 Å². The first-order chi connectivity index (χ1) is 14.4. The fourth-order valence-electron chi connectivity index (χ4n) is 2.34. The number of hydrogen-bond acceptors (Lipinski definition) is 9. The third kappa shape index (κ3) is 12.8. The van der Waals surface area contributed by atoms with Gasteiger partial charge in [0.15, 0.2) is 6.10 Å². The van der Waals surface area contributed by atoms with Gasteiger partial charge in [-0.15, -0.1) is 0 Å². The van der Waals surface area contributed by atoms with Crippen molar-refractivity contribution in [2.75, 3.05) is 59.1 Å². The molecule has 1 aromatic rings. The molecule has 10 heteroatoms. The first-order valence-corrected chi connectivity index (χ1v) is 11.7. The smallest absolute Gasteiger partial charge is 0.337 e. The highest BCUT2D eigenvalue weighted by Crippen LogP contribution is 2.16. The Morgan fingerprint density at radius 2 is 1.43 bits per heavy atom. The van der Waals surface area contributed by atoms with E-state index in [1.807, 2.05) is 6.92 Å². The van der Waals surface area contributed by atoms with Crippen LogP contribution in [0, 0.1) is 0 Å². The minimum atomic E-state index is -3.80. The fraction of sp³-hybridized carbons (Fsp3) is 0.650. The number of hydrogen-bond donors (Lipinski definition) is 0. The molecule has 0 unspecified atom stereocenters. The number of benzene rings is 1. The predicted molar refractivity (Wildman–Crippen MR) is 110 cm³/mol. The molecular formula is C20H32O9S. The first-order valence-electron chi connectivity index (χ1n) is 9.85. The van der Waals surface area contributed by atoms with Gasteiger partial charge in [0.25, 0.3) is 10.1 Å². The molecule has 0 fully saturated rings. The molecule has 0 aromatic heterocycles. The highest BCUT2D eigenvalue weighted by atomic mass is 32.2. The van der Waals surface area contributed by atoms with Crippen molar-refractivity contribution < 1.29 is 41.1 Å². The van der Waals surface area contributed by atoms with E-state index >= 15 is 0 Å². The van der Waals surface area contributed by atoms with E-state index in [0.717, 1.165) is 6.26 Å². The van der Waals surface area contributed by atoms with Crippen molar-refractivity contribution in [2.45, 2.75) is 26.4 Å². The Morgan fingerprint density at radius 3 is 1.97 bits per heavy atom. The van der Waals surface area contributed by atoms with Crippen molar-refractivity contribution in [3.05, 3.63) is 29.8 Å². The Labute approximate surface area is 178 Å². The van der Waals surface area contributed by atoms with Crippen LogP contribution in [0.15, 0.2) is 24.3 Å². The fourth-order valence-corrected chi connectivity index (χ4v) is 2.91. The third-order valence-corrected chi connectivity index (χ3v) is 4.21. The average molecular weight is 449 g/mol. The van der Waals surface area contributed by atoms with Gasteiger partial charge < -0.3 is 23.7 Å². The second-order valence-electron chi connectivity index (χ2n) is 6.16. The van der Waals surface area contributed by atoms with E-state index in [-0.39, 0.29) is 13.0 Å². The molecule has 0 aliphatic carbocycles. The van der Waals surface area contributed by atoms with Gasteiger partial charge >= 0.3 is 5.97 Å². The molecule has 1 aromatic carbocycles. The normalized spacial score (nSPS) is 12.5. The Balaban J connectivity index is 2.33. The average Bonchev–Trinajstić information content (AvgIpc) is 2.69. The molecule has 0 amide bonds. The minimum absolute atomic E-state index is 0.0680. The van der Waals surface area contributed by atoms with Crippen LogP contribution in [-0.2, 0) is 44.5 Å². The molecule has 172 valence electrons. The van der Waals surface area contributed by atoms with Crippen molar-refractivity contribution in [3.63, 3.8) is 0 Å². The van der Waals surface area contributed by atoms with Gasteiger partial charge in [0, 0.05) is 13.0 Å². The summed E-state index contributed by atoms with van der Waals surface area (Å²) in [5.74, 6) is -0.0886. The maximum atomic E-state index is 11.9. The second-order valence-corrected chi connectivity index (χ2v) is 7.76. The summed E-state index contributed by atoms with van der Waals surface area (Å²) in [6.07, 6.45) is -0.264. The number of esters is 1. The summed E-state index contributed by atoms with van der Waals surface area (Å²) in [7, 11) is -3.80. The lowest BCUT2D eigenvalue weighted by molar-refractivity contribution is -0.151. The molecule has 0 radical (unpaired) electrons. The molecule has 0 saturated carbocycles. The molecule has 0 bridgehead atoms. The zero-order chi connectivity index (χ0) is 22.2. The van der Waals surface area contributed by atoms with E-state index < -0.39 is 22.2 Å². The van der Waals surface area contributed by atoms with Crippen LogP contribution in [0.1, 0.15) is 19.4 Å². The van der Waals surface area contributed by atoms with E-state index in [4.69, 9.17) is 27.9 Å². The van der Waals surface area contributed by atoms with Crippen molar-refractivity contribution >= 4 is 16.1 Å². The Kier molecular flexibility index (Phi) is 13.3. The molecule has 30 heavy (non-hydrogen) atoms. The lowest BCUT2D eigenvalue weighted by Gasteiger charge is -2.15. The van der Waals surface area contributed by atoms with Gasteiger partial charge in [0.05, 0.1) is 45.9 Å². The van der Waals surface area contributed by atoms with Crippen LogP contribution >= 0.6 is 0 Å². The summed E-state index contributed by atoms with van der Waals surface area (Å²) in [6, 6.07) is 6.93. The molecule has 0 N–H and O–H groups in total. The molecule has 9 nitrogen and oxygen atoms in total. The molecule has 0 spiro atoms. The summed E-state index contributed by atoms with van der Waals surface area (Å²) in [5, 5.41) is 0. The first kappa shape index (κ1) is 26.3. The van der Waals surface area contributed by atoms with Crippen LogP contribution in [0.3, 0.4) is 0 Å². The number of rotatable bonds is 17. The lowest BCUT2D eigenvalue weighted by Crippen LogP contribution is -2.31. The molecular weight excluding hydrogens is 416 g/mol. The van der Waals surface area contributed by atoms with Gasteiger partial charge in [-0.05, 0) is 31.5 Å². The number of carbonyl (C=O) groups excluding carboxylic acids is 1. The van der Waals surface area contributed by atoms with E-state index in [1.54, 1.807) is 31.2 Å². The number of ether oxygens (including phenoxy) is 5. The summed E-state index contributed by atoms with van der Waals surface area (Å²) < 4.78 is 54.0. The van der Waals surface area contributed by atoms with E-state index in [2.05, 4.69) is 0 Å². The maximum absolute atomic E-state index is 11.9. The monoisotopic (exact) mass is 448 g/mol. The van der Waals surface area contributed by atoms with Crippen molar-refractivity contribution in [2.24, 2.45) is 0 Å². The molecule has 0 saturated heterocycles. The van der Waals surface area contributed by atoms with Gasteiger partial charge in [-0.3, -0.25) is 4.18 Å². The Bertz CT molecular complexity index is 689. The molecule has 0 heterocycles. The summed E-state index contributed by atoms with van der Waals surface area (Å²) >= 11 is 0. The standard InChI is InChI=1S/C20H32O9S/c1-4-24-10-11-25-12-13-26-14-15-28-18-8-6-17(7-9-18)16-19(20(21)27-5-2)29-30(3,22)23/h6-9,19H,4-5,10-16H2,1-3H3/t19-/m1/s1. The van der Waals surface area contributed by atoms with E-state index in [9.17, 15) is 13.2 Å². The Hall–Kier alpha value is -1.72. The second kappa shape index (κ2) is 15.1. The Morgan fingerprint density at radius 1 is 0.867 bits per heavy atom. The van der Waals surface area contributed by atoms with Crippen LogP contribution in [0.5, 0.6) is 5.75 Å². The molecule has 0 aliphatic heterocycles. The summed E-state index contributed by atoms with van der Waals surface area (Å²) in [6.45, 7) is 7.29. The van der Waals surface area contributed by atoms with Crippen LogP contribution in [-0.4, -0.2) is 79.6 Å². The third-order valence-electron chi connectivity index (χ3n) is 3.63. The predicted octanol–water partition coefficient (Wildman–Crippen LogP) is 1.59. The topological polar surface area (TPSA) is 107 Å². The summed E-state index contributed by atoms with van der Waals surface area (Å²) in [4.78, 5) is 11.9. The van der Waals surface area contributed by atoms with Crippen molar-refractivity contribution in [1.29, 1.82) is 0 Å². The highest BCUT2D eigenvalue weighted by molar-refractivity contribution is 7.86. The largest absolute Gasteiger partial charge is 0.491 e. The summed E-state index contributed by atoms with van der Waals surface area (Å²) in [5.41, 5.74) is 0.713. The van der Waals surface area contributed by atoms with Gasteiger partial charge in [-0.1, -0.05) is 12.1 Å². The van der Waals surface area contributed by atoms with Gasteiger partial charge in [0.1, 0.15) is 12.4 Å². The van der Waals surface area contributed by atoms with Gasteiger partial charge in [-0.2, -0.15) is 8.42 Å². The van der Waals surface area contributed by atoms with Crippen molar-refractivity contribution in [1.82, 2.24) is 0 Å². The zero-order valence-corrected chi connectivity index (χ0v) is 18.6. The van der Waals surface area contributed by atoms with Crippen LogP contribution in [0.2, 0.25) is 0 Å². The van der Waals surface area contributed by atoms with E-state index in [0.29, 0.717) is 57.6 Å². The van der Waals surface area contributed by atoms with Crippen LogP contribution in [0.25, 0.3) is 0 Å². The molecule has 1 rings (SSSR count). The quantitative estimate of drug-likeness (QED) is 0.199. The minimum Gasteiger partial charge on any atom is -0.491 e. The SMILES string of the molecule is CCOCCOCCOCCOc1ccc(C[C@@H](OS(C)(=O)=O)C(=O)OCC)cc1. The van der Waals surface area contributed by atoms with Gasteiger partial charge in [0.2, 0.25) is 0 Å².